The molecular weight excluding hydrogens is 374 g/mol. The lowest BCUT2D eigenvalue weighted by Crippen LogP contribution is -2.45. The van der Waals surface area contributed by atoms with Crippen molar-refractivity contribution in [1.82, 2.24) is 14.9 Å². The molecule has 1 unspecified atom stereocenters. The summed E-state index contributed by atoms with van der Waals surface area (Å²) in [5.74, 6) is 0. The molecule has 6 nitrogen and oxygen atoms in total. The van der Waals surface area contributed by atoms with Gasteiger partial charge in [0.2, 0.25) is 10.0 Å². The number of nitrogens with one attached hydrogen (secondary N) is 2. The number of urea groups is 1. The molecule has 0 saturated carbocycles. The zero-order valence-electron chi connectivity index (χ0n) is 16.5. The molecule has 3 rings (SSSR count). The standard InChI is InChI=1S/C21H27N3O3S/c1-15(2)22-21(25)24-12-11-18-13-20(10-9-19(18)14-24)28(26,27)23-16(3)17-7-5-4-6-8-17/h4-10,13,15-16,23H,11-12,14H2,1-3H3,(H,22,25). The van der Waals surface area contributed by atoms with Gasteiger partial charge in [-0.1, -0.05) is 36.4 Å². The summed E-state index contributed by atoms with van der Waals surface area (Å²) >= 11 is 0. The fraction of sp³-hybridized carbons (Fsp3) is 0.381. The predicted molar refractivity (Wildman–Crippen MR) is 109 cm³/mol. The third kappa shape index (κ3) is 4.72. The van der Waals surface area contributed by atoms with Gasteiger partial charge in [0.15, 0.2) is 0 Å². The number of hydrogen-bond donors (Lipinski definition) is 2. The minimum absolute atomic E-state index is 0.0825. The Morgan fingerprint density at radius 3 is 2.43 bits per heavy atom. The lowest BCUT2D eigenvalue weighted by molar-refractivity contribution is 0.190. The average molecular weight is 402 g/mol. The van der Waals surface area contributed by atoms with E-state index in [0.717, 1.165) is 16.7 Å². The Kier molecular flexibility index (Phi) is 6.05. The Bertz CT molecular complexity index is 943. The van der Waals surface area contributed by atoms with E-state index in [0.29, 0.717) is 19.5 Å². The van der Waals surface area contributed by atoms with Crippen molar-refractivity contribution < 1.29 is 13.2 Å². The SMILES string of the molecule is CC(C)NC(=O)N1CCc2cc(S(=O)(=O)NC(C)c3ccccc3)ccc2C1. The van der Waals surface area contributed by atoms with Crippen molar-refractivity contribution in [3.05, 3.63) is 65.2 Å². The summed E-state index contributed by atoms with van der Waals surface area (Å²) in [5.41, 5.74) is 2.87. The Morgan fingerprint density at radius 2 is 1.75 bits per heavy atom. The second-order valence-electron chi connectivity index (χ2n) is 7.46. The second kappa shape index (κ2) is 8.32. The first kappa shape index (κ1) is 20.4. The third-order valence-electron chi connectivity index (χ3n) is 4.83. The maximum Gasteiger partial charge on any atom is 0.317 e. The van der Waals surface area contributed by atoms with Crippen molar-refractivity contribution in [1.29, 1.82) is 0 Å². The van der Waals surface area contributed by atoms with E-state index in [1.165, 1.54) is 0 Å². The number of fused-ring (bicyclic) bond motifs is 1. The summed E-state index contributed by atoms with van der Waals surface area (Å²) in [7, 11) is -3.63. The van der Waals surface area contributed by atoms with Crippen molar-refractivity contribution in [3.63, 3.8) is 0 Å². The van der Waals surface area contributed by atoms with E-state index >= 15 is 0 Å². The molecule has 0 radical (unpaired) electrons. The molecule has 1 aliphatic rings. The number of carbonyl (C=O) groups excluding carboxylic acids is 1. The molecule has 1 heterocycles. The van der Waals surface area contributed by atoms with Crippen LogP contribution in [0.2, 0.25) is 0 Å². The van der Waals surface area contributed by atoms with E-state index in [1.54, 1.807) is 17.0 Å². The molecule has 0 spiro atoms. The van der Waals surface area contributed by atoms with Gasteiger partial charge in [-0.2, -0.15) is 0 Å². The molecule has 0 bridgehead atoms. The average Bonchev–Trinajstić information content (AvgIpc) is 2.67. The Labute approximate surface area is 167 Å². The van der Waals surface area contributed by atoms with Gasteiger partial charge in [0, 0.05) is 25.2 Å². The second-order valence-corrected chi connectivity index (χ2v) is 9.17. The molecule has 1 aliphatic heterocycles. The number of hydrogen-bond acceptors (Lipinski definition) is 3. The Hall–Kier alpha value is -2.38. The summed E-state index contributed by atoms with van der Waals surface area (Å²) in [6.07, 6.45) is 0.637. The third-order valence-corrected chi connectivity index (χ3v) is 6.37. The topological polar surface area (TPSA) is 78.5 Å². The summed E-state index contributed by atoms with van der Waals surface area (Å²) in [5, 5.41) is 2.90. The van der Waals surface area contributed by atoms with Crippen LogP contribution in [-0.2, 0) is 23.0 Å². The predicted octanol–water partition coefficient (Wildman–Crippen LogP) is 3.20. The molecule has 0 saturated heterocycles. The van der Waals surface area contributed by atoms with Crippen molar-refractivity contribution in [3.8, 4) is 0 Å². The normalized spacial score (nSPS) is 15.2. The van der Waals surface area contributed by atoms with Gasteiger partial charge < -0.3 is 10.2 Å². The zero-order valence-corrected chi connectivity index (χ0v) is 17.3. The number of rotatable bonds is 5. The van der Waals surface area contributed by atoms with Crippen LogP contribution in [0.25, 0.3) is 0 Å². The van der Waals surface area contributed by atoms with E-state index in [1.807, 2.05) is 57.2 Å². The Balaban J connectivity index is 1.74. The smallest absolute Gasteiger partial charge is 0.317 e. The van der Waals surface area contributed by atoms with Crippen LogP contribution >= 0.6 is 0 Å². The summed E-state index contributed by atoms with van der Waals surface area (Å²) < 4.78 is 28.4. The largest absolute Gasteiger partial charge is 0.336 e. The lowest BCUT2D eigenvalue weighted by Gasteiger charge is -2.30. The molecule has 7 heteroatoms. The Morgan fingerprint density at radius 1 is 1.04 bits per heavy atom. The van der Waals surface area contributed by atoms with Gasteiger partial charge >= 0.3 is 6.03 Å². The van der Waals surface area contributed by atoms with E-state index in [9.17, 15) is 13.2 Å². The van der Waals surface area contributed by atoms with Crippen LogP contribution in [0.3, 0.4) is 0 Å². The van der Waals surface area contributed by atoms with Crippen molar-refractivity contribution >= 4 is 16.1 Å². The first-order valence-electron chi connectivity index (χ1n) is 9.51. The first-order chi connectivity index (χ1) is 13.3. The fourth-order valence-electron chi connectivity index (χ4n) is 3.32. The highest BCUT2D eigenvalue weighted by molar-refractivity contribution is 7.89. The highest BCUT2D eigenvalue weighted by Gasteiger charge is 2.24. The summed E-state index contributed by atoms with van der Waals surface area (Å²) in [6, 6.07) is 14.3. The van der Waals surface area contributed by atoms with Crippen LogP contribution < -0.4 is 10.0 Å². The molecule has 150 valence electrons. The molecule has 2 N–H and O–H groups in total. The number of benzene rings is 2. The zero-order chi connectivity index (χ0) is 20.3. The van der Waals surface area contributed by atoms with Crippen molar-refractivity contribution in [2.45, 2.75) is 50.7 Å². The monoisotopic (exact) mass is 401 g/mol. The van der Waals surface area contributed by atoms with Crippen LogP contribution in [-0.4, -0.2) is 31.9 Å². The molecule has 0 aliphatic carbocycles. The molecule has 1 atom stereocenters. The van der Waals surface area contributed by atoms with Crippen molar-refractivity contribution in [2.24, 2.45) is 0 Å². The van der Waals surface area contributed by atoms with E-state index in [4.69, 9.17) is 0 Å². The fourth-order valence-corrected chi connectivity index (χ4v) is 4.60. The number of amides is 2. The number of sulfonamides is 1. The maximum absolute atomic E-state index is 12.8. The minimum Gasteiger partial charge on any atom is -0.336 e. The van der Waals surface area contributed by atoms with Crippen LogP contribution in [0.5, 0.6) is 0 Å². The van der Waals surface area contributed by atoms with E-state index in [2.05, 4.69) is 10.0 Å². The van der Waals surface area contributed by atoms with Crippen LogP contribution in [0, 0.1) is 0 Å². The van der Waals surface area contributed by atoms with Gasteiger partial charge in [-0.15, -0.1) is 0 Å². The molecule has 2 aromatic rings. The maximum atomic E-state index is 12.8. The van der Waals surface area contributed by atoms with Crippen LogP contribution in [0.1, 0.15) is 43.5 Å². The van der Waals surface area contributed by atoms with Gasteiger partial charge in [0.1, 0.15) is 0 Å². The summed E-state index contributed by atoms with van der Waals surface area (Å²) in [4.78, 5) is 14.2. The van der Waals surface area contributed by atoms with Gasteiger partial charge in [0.05, 0.1) is 4.90 Å². The molecule has 2 amide bonds. The van der Waals surface area contributed by atoms with Gasteiger partial charge in [-0.25, -0.2) is 17.9 Å². The van der Waals surface area contributed by atoms with Crippen molar-refractivity contribution in [2.75, 3.05) is 6.54 Å². The van der Waals surface area contributed by atoms with Gasteiger partial charge in [-0.3, -0.25) is 0 Å². The highest BCUT2D eigenvalue weighted by atomic mass is 32.2. The molecule has 0 aromatic heterocycles. The first-order valence-corrected chi connectivity index (χ1v) is 11.0. The van der Waals surface area contributed by atoms with Gasteiger partial charge in [-0.05, 0) is 56.0 Å². The lowest BCUT2D eigenvalue weighted by atomic mass is 10.0. The number of carbonyl (C=O) groups is 1. The molecular formula is C21H27N3O3S. The van der Waals surface area contributed by atoms with E-state index < -0.39 is 10.0 Å². The number of nitrogens with zero attached hydrogens (tertiary/aromatic N) is 1. The molecule has 2 aromatic carbocycles. The molecule has 0 fully saturated rings. The molecule has 28 heavy (non-hydrogen) atoms. The minimum atomic E-state index is -3.63. The van der Waals surface area contributed by atoms with E-state index in [-0.39, 0.29) is 23.0 Å². The van der Waals surface area contributed by atoms with Crippen LogP contribution in [0.4, 0.5) is 4.79 Å². The highest BCUT2D eigenvalue weighted by Crippen LogP contribution is 2.24. The van der Waals surface area contributed by atoms with Gasteiger partial charge in [0.25, 0.3) is 0 Å². The quantitative estimate of drug-likeness (QED) is 0.808. The summed E-state index contributed by atoms with van der Waals surface area (Å²) in [6.45, 7) is 6.74. The van der Waals surface area contributed by atoms with Crippen LogP contribution in [0.15, 0.2) is 53.4 Å².